The fourth-order valence-electron chi connectivity index (χ4n) is 2.49. The maximum Gasteiger partial charge on any atom is 0.256 e. The topological polar surface area (TPSA) is 71.3 Å². The van der Waals surface area contributed by atoms with Crippen molar-refractivity contribution in [2.75, 3.05) is 18.5 Å². The molecule has 0 aliphatic rings. The number of benzene rings is 1. The second-order valence-corrected chi connectivity index (χ2v) is 6.25. The number of ether oxygens (including phenoxy) is 2. The van der Waals surface area contributed by atoms with Crippen LogP contribution in [0.4, 0.5) is 5.69 Å². The van der Waals surface area contributed by atoms with Gasteiger partial charge in [0.1, 0.15) is 17.4 Å². The highest BCUT2D eigenvalue weighted by Crippen LogP contribution is 2.25. The SMILES string of the molecule is CCCCOc1ccc(NC(=O)[C@@](C)(CCCC)OCC)cc1C#N. The van der Waals surface area contributed by atoms with E-state index in [0.717, 1.165) is 25.7 Å². The van der Waals surface area contributed by atoms with Gasteiger partial charge in [0.05, 0.1) is 12.2 Å². The number of nitriles is 1. The molecular formula is C20H30N2O3. The molecule has 1 N–H and O–H groups in total. The number of unbranched alkanes of at least 4 members (excludes halogenated alkanes) is 2. The van der Waals surface area contributed by atoms with E-state index >= 15 is 0 Å². The van der Waals surface area contributed by atoms with Crippen molar-refractivity contribution in [2.24, 2.45) is 0 Å². The number of hydrogen-bond acceptors (Lipinski definition) is 4. The molecule has 0 unspecified atom stereocenters. The second kappa shape index (κ2) is 10.7. The van der Waals surface area contributed by atoms with E-state index in [1.807, 2.05) is 13.8 Å². The number of rotatable bonds is 11. The van der Waals surface area contributed by atoms with Crippen molar-refractivity contribution in [3.05, 3.63) is 23.8 Å². The van der Waals surface area contributed by atoms with Crippen LogP contribution in [-0.4, -0.2) is 24.7 Å². The molecule has 5 heteroatoms. The summed E-state index contributed by atoms with van der Waals surface area (Å²) in [7, 11) is 0. The molecule has 0 aliphatic heterocycles. The smallest absolute Gasteiger partial charge is 0.256 e. The van der Waals surface area contributed by atoms with E-state index < -0.39 is 5.60 Å². The minimum absolute atomic E-state index is 0.189. The summed E-state index contributed by atoms with van der Waals surface area (Å²) in [5, 5.41) is 12.2. The summed E-state index contributed by atoms with van der Waals surface area (Å²) >= 11 is 0. The maximum absolute atomic E-state index is 12.7. The van der Waals surface area contributed by atoms with Crippen LogP contribution in [0.5, 0.6) is 5.75 Å². The molecule has 1 aromatic rings. The Kier molecular flexibility index (Phi) is 9.01. The van der Waals surface area contributed by atoms with Gasteiger partial charge in [-0.3, -0.25) is 4.79 Å². The zero-order valence-corrected chi connectivity index (χ0v) is 15.9. The minimum Gasteiger partial charge on any atom is -0.492 e. The summed E-state index contributed by atoms with van der Waals surface area (Å²) in [5.74, 6) is 0.360. The molecule has 0 saturated carbocycles. The van der Waals surface area contributed by atoms with E-state index in [1.54, 1.807) is 18.2 Å². The van der Waals surface area contributed by atoms with Gasteiger partial charge < -0.3 is 14.8 Å². The standard InChI is InChI=1S/C20H30N2O3/c1-5-8-12-20(4,25-7-3)19(23)22-17-10-11-18(16(14-17)15-21)24-13-9-6-2/h10-11,14H,5-9,12-13H2,1-4H3,(H,22,23)/t20-/m1/s1. The lowest BCUT2D eigenvalue weighted by Gasteiger charge is -2.28. The molecule has 0 heterocycles. The lowest BCUT2D eigenvalue weighted by atomic mass is 9.97. The number of anilines is 1. The number of hydrogen-bond donors (Lipinski definition) is 1. The van der Waals surface area contributed by atoms with Gasteiger partial charge in [-0.25, -0.2) is 0 Å². The van der Waals surface area contributed by atoms with Crippen LogP contribution in [0.1, 0.15) is 65.4 Å². The van der Waals surface area contributed by atoms with Crippen molar-refractivity contribution in [1.82, 2.24) is 0 Å². The van der Waals surface area contributed by atoms with Crippen LogP contribution in [0.3, 0.4) is 0 Å². The van der Waals surface area contributed by atoms with Crippen molar-refractivity contribution in [3.8, 4) is 11.8 Å². The van der Waals surface area contributed by atoms with E-state index in [9.17, 15) is 10.1 Å². The van der Waals surface area contributed by atoms with Gasteiger partial charge in [-0.1, -0.05) is 33.1 Å². The first-order chi connectivity index (χ1) is 12.0. The van der Waals surface area contributed by atoms with Gasteiger partial charge in [-0.05, 0) is 44.9 Å². The van der Waals surface area contributed by atoms with Gasteiger partial charge in [0, 0.05) is 12.3 Å². The predicted octanol–water partition coefficient (Wildman–Crippen LogP) is 4.66. The lowest BCUT2D eigenvalue weighted by Crippen LogP contribution is -2.42. The van der Waals surface area contributed by atoms with E-state index in [0.29, 0.717) is 36.6 Å². The fraction of sp³-hybridized carbons (Fsp3) is 0.600. The summed E-state index contributed by atoms with van der Waals surface area (Å²) < 4.78 is 11.3. The van der Waals surface area contributed by atoms with Crippen LogP contribution in [0.25, 0.3) is 0 Å². The molecule has 0 spiro atoms. The summed E-state index contributed by atoms with van der Waals surface area (Å²) in [4.78, 5) is 12.7. The molecule has 0 radical (unpaired) electrons. The van der Waals surface area contributed by atoms with Crippen LogP contribution < -0.4 is 10.1 Å². The first kappa shape index (κ1) is 21.0. The normalized spacial score (nSPS) is 12.9. The number of carbonyl (C=O) groups excluding carboxylic acids is 1. The van der Waals surface area contributed by atoms with Crippen molar-refractivity contribution < 1.29 is 14.3 Å². The zero-order valence-electron chi connectivity index (χ0n) is 15.9. The van der Waals surface area contributed by atoms with E-state index in [2.05, 4.69) is 25.2 Å². The molecule has 25 heavy (non-hydrogen) atoms. The Labute approximate surface area is 151 Å². The molecule has 0 aliphatic carbocycles. The molecule has 138 valence electrons. The Hall–Kier alpha value is -2.06. The first-order valence-corrected chi connectivity index (χ1v) is 9.13. The van der Waals surface area contributed by atoms with Crippen LogP contribution in [-0.2, 0) is 9.53 Å². The summed E-state index contributed by atoms with van der Waals surface area (Å²) in [6.45, 7) is 8.92. The second-order valence-electron chi connectivity index (χ2n) is 6.25. The Bertz CT molecular complexity index is 595. The van der Waals surface area contributed by atoms with Crippen LogP contribution >= 0.6 is 0 Å². The Balaban J connectivity index is 2.86. The first-order valence-electron chi connectivity index (χ1n) is 9.13. The van der Waals surface area contributed by atoms with Crippen LogP contribution in [0.2, 0.25) is 0 Å². The third-order valence-corrected chi connectivity index (χ3v) is 4.06. The van der Waals surface area contributed by atoms with Crippen molar-refractivity contribution in [2.45, 2.75) is 65.4 Å². The zero-order chi connectivity index (χ0) is 18.7. The average Bonchev–Trinajstić information content (AvgIpc) is 2.61. The molecule has 0 aromatic heterocycles. The lowest BCUT2D eigenvalue weighted by molar-refractivity contribution is -0.139. The molecule has 5 nitrogen and oxygen atoms in total. The maximum atomic E-state index is 12.7. The van der Waals surface area contributed by atoms with E-state index in [1.165, 1.54) is 0 Å². The van der Waals surface area contributed by atoms with Gasteiger partial charge >= 0.3 is 0 Å². The highest BCUT2D eigenvalue weighted by atomic mass is 16.5. The van der Waals surface area contributed by atoms with Gasteiger partial charge in [-0.2, -0.15) is 5.26 Å². The van der Waals surface area contributed by atoms with Gasteiger partial charge in [0.25, 0.3) is 5.91 Å². The monoisotopic (exact) mass is 346 g/mol. The summed E-state index contributed by atoms with van der Waals surface area (Å²) in [6.07, 6.45) is 4.54. The quantitative estimate of drug-likeness (QED) is 0.591. The Morgan fingerprint density at radius 2 is 1.96 bits per heavy atom. The van der Waals surface area contributed by atoms with Crippen LogP contribution in [0.15, 0.2) is 18.2 Å². The van der Waals surface area contributed by atoms with Crippen molar-refractivity contribution in [1.29, 1.82) is 5.26 Å². The largest absolute Gasteiger partial charge is 0.492 e. The van der Waals surface area contributed by atoms with E-state index in [-0.39, 0.29) is 5.91 Å². The third-order valence-electron chi connectivity index (χ3n) is 4.06. The van der Waals surface area contributed by atoms with Gasteiger partial charge in [-0.15, -0.1) is 0 Å². The van der Waals surface area contributed by atoms with Gasteiger partial charge in [0.15, 0.2) is 0 Å². The predicted molar refractivity (Wildman–Crippen MR) is 99.7 cm³/mol. The number of nitrogens with one attached hydrogen (secondary N) is 1. The molecule has 1 aromatic carbocycles. The number of carbonyl (C=O) groups is 1. The average molecular weight is 346 g/mol. The number of nitrogens with zero attached hydrogens (tertiary/aromatic N) is 1. The van der Waals surface area contributed by atoms with Gasteiger partial charge in [0.2, 0.25) is 0 Å². The van der Waals surface area contributed by atoms with Crippen LogP contribution in [0, 0.1) is 11.3 Å². The highest BCUT2D eigenvalue weighted by Gasteiger charge is 2.33. The number of amides is 1. The Morgan fingerprint density at radius 1 is 1.24 bits per heavy atom. The Morgan fingerprint density at radius 3 is 2.56 bits per heavy atom. The summed E-state index contributed by atoms with van der Waals surface area (Å²) in [5.41, 5.74) is 0.126. The van der Waals surface area contributed by atoms with E-state index in [4.69, 9.17) is 9.47 Å². The molecule has 1 amide bonds. The van der Waals surface area contributed by atoms with Crippen molar-refractivity contribution >= 4 is 11.6 Å². The summed E-state index contributed by atoms with van der Waals surface area (Å²) in [6, 6.07) is 7.26. The molecular weight excluding hydrogens is 316 g/mol. The molecule has 0 fully saturated rings. The van der Waals surface area contributed by atoms with Crippen molar-refractivity contribution in [3.63, 3.8) is 0 Å². The minimum atomic E-state index is -0.867. The highest BCUT2D eigenvalue weighted by molar-refractivity contribution is 5.97. The molecule has 0 saturated heterocycles. The fourth-order valence-corrected chi connectivity index (χ4v) is 2.49. The molecule has 1 rings (SSSR count). The molecule has 0 bridgehead atoms. The molecule has 1 atom stereocenters. The third kappa shape index (κ3) is 6.39.